The summed E-state index contributed by atoms with van der Waals surface area (Å²) in [6.07, 6.45) is 6.70. The van der Waals surface area contributed by atoms with Crippen LogP contribution in [-0.4, -0.2) is 23.3 Å². The number of hydrogen-bond acceptors (Lipinski definition) is 2. The first kappa shape index (κ1) is 10.1. The van der Waals surface area contributed by atoms with Gasteiger partial charge in [-0.2, -0.15) is 0 Å². The zero-order chi connectivity index (χ0) is 9.68. The van der Waals surface area contributed by atoms with Crippen molar-refractivity contribution in [3.8, 4) is 0 Å². The highest BCUT2D eigenvalue weighted by atomic mass is 16.4. The lowest BCUT2D eigenvalue weighted by Gasteiger charge is -2.24. The molecule has 4 heteroatoms. The molecule has 0 saturated carbocycles. The van der Waals surface area contributed by atoms with E-state index in [1.807, 2.05) is 0 Å². The topological polar surface area (TPSA) is 75.3 Å². The molecule has 0 radical (unpaired) electrons. The Balaban J connectivity index is 2.48. The Labute approximate surface area is 77.8 Å². The van der Waals surface area contributed by atoms with Gasteiger partial charge in [-0.05, 0) is 25.7 Å². The molecule has 0 bridgehead atoms. The Kier molecular flexibility index (Phi) is 3.76. The second-order valence-electron chi connectivity index (χ2n) is 3.35. The third-order valence-corrected chi connectivity index (χ3v) is 2.30. The highest BCUT2D eigenvalue weighted by Crippen LogP contribution is 2.11. The monoisotopic (exact) mass is 184 g/mol. The van der Waals surface area contributed by atoms with E-state index in [0.717, 1.165) is 25.7 Å². The molecule has 1 rings (SSSR count). The maximum absolute atomic E-state index is 10.4. The summed E-state index contributed by atoms with van der Waals surface area (Å²) in [6, 6.07) is -0.150. The lowest BCUT2D eigenvalue weighted by atomic mass is 9.96. The second-order valence-corrected chi connectivity index (χ2v) is 3.35. The summed E-state index contributed by atoms with van der Waals surface area (Å²) < 4.78 is 0. The third-order valence-electron chi connectivity index (χ3n) is 2.30. The minimum absolute atomic E-state index is 0.0546. The first-order valence-corrected chi connectivity index (χ1v) is 4.60. The fourth-order valence-electron chi connectivity index (χ4n) is 1.55. The Morgan fingerprint density at radius 1 is 1.38 bits per heavy atom. The molecular weight excluding hydrogens is 168 g/mol. The van der Waals surface area contributed by atoms with Crippen molar-refractivity contribution in [2.45, 2.75) is 37.8 Å². The molecule has 74 valence electrons. The van der Waals surface area contributed by atoms with Gasteiger partial charge in [-0.25, -0.2) is 4.79 Å². The zero-order valence-corrected chi connectivity index (χ0v) is 7.57. The van der Waals surface area contributed by atoms with Crippen LogP contribution in [0.15, 0.2) is 12.2 Å². The van der Waals surface area contributed by atoms with Gasteiger partial charge in [0, 0.05) is 12.1 Å². The standard InChI is InChI=1S/C9H16N2O2/c10-7-5-3-1-2-4-6-8(7)11-9(12)13/h1-2,7-8,11H,3-6,10H2,(H,12,13). The largest absolute Gasteiger partial charge is 0.465 e. The van der Waals surface area contributed by atoms with Crippen molar-refractivity contribution in [1.29, 1.82) is 0 Å². The van der Waals surface area contributed by atoms with E-state index in [-0.39, 0.29) is 12.1 Å². The Morgan fingerprint density at radius 2 is 2.00 bits per heavy atom. The highest BCUT2D eigenvalue weighted by Gasteiger charge is 2.19. The van der Waals surface area contributed by atoms with Gasteiger partial charge in [0.15, 0.2) is 0 Å². The van der Waals surface area contributed by atoms with Crippen LogP contribution in [-0.2, 0) is 0 Å². The van der Waals surface area contributed by atoms with Gasteiger partial charge >= 0.3 is 6.09 Å². The molecule has 0 spiro atoms. The fraction of sp³-hybridized carbons (Fsp3) is 0.667. The summed E-state index contributed by atoms with van der Waals surface area (Å²) >= 11 is 0. The minimum atomic E-state index is -0.981. The maximum Gasteiger partial charge on any atom is 0.404 e. The predicted molar refractivity (Wildman–Crippen MR) is 50.5 cm³/mol. The van der Waals surface area contributed by atoms with Crippen LogP contribution < -0.4 is 11.1 Å². The lowest BCUT2D eigenvalue weighted by Crippen LogP contribution is -2.47. The summed E-state index contributed by atoms with van der Waals surface area (Å²) in [7, 11) is 0. The van der Waals surface area contributed by atoms with Crippen molar-refractivity contribution >= 4 is 6.09 Å². The molecular formula is C9H16N2O2. The Bertz CT molecular complexity index is 204. The first-order chi connectivity index (χ1) is 6.20. The van der Waals surface area contributed by atoms with Crippen LogP contribution in [0.5, 0.6) is 0 Å². The molecule has 0 aliphatic heterocycles. The van der Waals surface area contributed by atoms with Crippen LogP contribution in [0.2, 0.25) is 0 Å². The normalized spacial score (nSPS) is 29.0. The SMILES string of the molecule is NC1CCC=CCCC1NC(=O)O. The molecule has 4 nitrogen and oxygen atoms in total. The average molecular weight is 184 g/mol. The van der Waals surface area contributed by atoms with Gasteiger partial charge in [0.2, 0.25) is 0 Å². The quantitative estimate of drug-likeness (QED) is 0.534. The molecule has 1 amide bonds. The molecule has 0 aromatic carbocycles. The van der Waals surface area contributed by atoms with Crippen molar-refractivity contribution in [3.05, 3.63) is 12.2 Å². The van der Waals surface area contributed by atoms with E-state index in [1.54, 1.807) is 0 Å². The molecule has 0 aromatic heterocycles. The maximum atomic E-state index is 10.4. The van der Waals surface area contributed by atoms with Crippen molar-refractivity contribution in [2.75, 3.05) is 0 Å². The van der Waals surface area contributed by atoms with Crippen molar-refractivity contribution in [1.82, 2.24) is 5.32 Å². The number of allylic oxidation sites excluding steroid dienone is 2. The van der Waals surface area contributed by atoms with Crippen LogP contribution in [0.25, 0.3) is 0 Å². The predicted octanol–water partition coefficient (Wildman–Crippen LogP) is 1.08. The van der Waals surface area contributed by atoms with Crippen LogP contribution in [0, 0.1) is 0 Å². The Morgan fingerprint density at radius 3 is 2.62 bits per heavy atom. The van der Waals surface area contributed by atoms with Crippen LogP contribution in [0.1, 0.15) is 25.7 Å². The number of carbonyl (C=O) groups is 1. The smallest absolute Gasteiger partial charge is 0.404 e. The highest BCUT2D eigenvalue weighted by molar-refractivity contribution is 5.64. The minimum Gasteiger partial charge on any atom is -0.465 e. The van der Waals surface area contributed by atoms with Gasteiger partial charge in [0.05, 0.1) is 0 Å². The van der Waals surface area contributed by atoms with Crippen molar-refractivity contribution in [2.24, 2.45) is 5.73 Å². The van der Waals surface area contributed by atoms with E-state index < -0.39 is 6.09 Å². The number of nitrogens with one attached hydrogen (secondary N) is 1. The van der Waals surface area contributed by atoms with Crippen LogP contribution >= 0.6 is 0 Å². The third kappa shape index (κ3) is 3.46. The number of nitrogens with two attached hydrogens (primary N) is 1. The van der Waals surface area contributed by atoms with E-state index in [0.29, 0.717) is 0 Å². The van der Waals surface area contributed by atoms with E-state index >= 15 is 0 Å². The van der Waals surface area contributed by atoms with Gasteiger partial charge in [-0.15, -0.1) is 0 Å². The van der Waals surface area contributed by atoms with Crippen molar-refractivity contribution < 1.29 is 9.90 Å². The molecule has 2 unspecified atom stereocenters. The summed E-state index contributed by atoms with van der Waals surface area (Å²) in [5.74, 6) is 0. The summed E-state index contributed by atoms with van der Waals surface area (Å²) in [4.78, 5) is 10.4. The van der Waals surface area contributed by atoms with E-state index in [4.69, 9.17) is 10.8 Å². The number of hydrogen-bond donors (Lipinski definition) is 3. The molecule has 13 heavy (non-hydrogen) atoms. The van der Waals surface area contributed by atoms with Gasteiger partial charge in [0.25, 0.3) is 0 Å². The van der Waals surface area contributed by atoms with Crippen LogP contribution in [0.4, 0.5) is 4.79 Å². The zero-order valence-electron chi connectivity index (χ0n) is 7.57. The van der Waals surface area contributed by atoms with E-state index in [1.165, 1.54) is 0 Å². The molecule has 0 saturated heterocycles. The fourth-order valence-corrected chi connectivity index (χ4v) is 1.55. The molecule has 0 aromatic rings. The van der Waals surface area contributed by atoms with Crippen molar-refractivity contribution in [3.63, 3.8) is 0 Å². The van der Waals surface area contributed by atoms with Gasteiger partial charge in [-0.3, -0.25) is 0 Å². The van der Waals surface area contributed by atoms with E-state index in [2.05, 4.69) is 17.5 Å². The molecule has 0 fully saturated rings. The molecule has 2 atom stereocenters. The molecule has 4 N–H and O–H groups in total. The first-order valence-electron chi connectivity index (χ1n) is 4.60. The van der Waals surface area contributed by atoms with E-state index in [9.17, 15) is 4.79 Å². The Hall–Kier alpha value is -1.03. The molecule has 1 aliphatic rings. The number of amides is 1. The second kappa shape index (κ2) is 4.87. The number of carboxylic acid groups (broad SMARTS) is 1. The summed E-state index contributed by atoms with van der Waals surface area (Å²) in [5.41, 5.74) is 5.84. The van der Waals surface area contributed by atoms with Gasteiger partial charge < -0.3 is 16.2 Å². The summed E-state index contributed by atoms with van der Waals surface area (Å²) in [5, 5.41) is 11.0. The molecule has 1 aliphatic carbocycles. The molecule has 0 heterocycles. The van der Waals surface area contributed by atoms with Crippen LogP contribution in [0.3, 0.4) is 0 Å². The lowest BCUT2D eigenvalue weighted by molar-refractivity contribution is 0.186. The number of rotatable bonds is 1. The average Bonchev–Trinajstić information content (AvgIpc) is 2.04. The summed E-state index contributed by atoms with van der Waals surface area (Å²) in [6.45, 7) is 0. The van der Waals surface area contributed by atoms with Gasteiger partial charge in [-0.1, -0.05) is 12.2 Å². The van der Waals surface area contributed by atoms with Gasteiger partial charge in [0.1, 0.15) is 0 Å².